The summed E-state index contributed by atoms with van der Waals surface area (Å²) in [6.45, 7) is 0. The van der Waals surface area contributed by atoms with Crippen LogP contribution in [0.4, 0.5) is 10.1 Å². The lowest BCUT2D eigenvalue weighted by atomic mass is 10.3. The minimum Gasteiger partial charge on any atom is -0.508 e. The van der Waals surface area contributed by atoms with Crippen molar-refractivity contribution in [3.05, 3.63) is 52.3 Å². The number of nitrogens with one attached hydrogen (secondary N) is 1. The van der Waals surface area contributed by atoms with E-state index in [-0.39, 0.29) is 16.5 Å². The Bertz CT molecular complexity index is 748. The lowest BCUT2D eigenvalue weighted by Crippen LogP contribution is -2.14. The van der Waals surface area contributed by atoms with E-state index in [0.29, 0.717) is 0 Å². The average Bonchev–Trinajstić information content (AvgIpc) is 2.38. The summed E-state index contributed by atoms with van der Waals surface area (Å²) in [5, 5.41) is 8.28. The molecule has 2 aromatic carbocycles. The van der Waals surface area contributed by atoms with Gasteiger partial charge in [0, 0.05) is 5.69 Å². The summed E-state index contributed by atoms with van der Waals surface area (Å²) < 4.78 is 39.9. The summed E-state index contributed by atoms with van der Waals surface area (Å²) in [7, 11) is -4.06. The van der Waals surface area contributed by atoms with Crippen LogP contribution in [0.2, 0.25) is 10.0 Å². The van der Waals surface area contributed by atoms with Gasteiger partial charge < -0.3 is 5.11 Å². The van der Waals surface area contributed by atoms with Gasteiger partial charge in [0.15, 0.2) is 5.82 Å². The van der Waals surface area contributed by atoms with Gasteiger partial charge in [-0.1, -0.05) is 23.2 Å². The smallest absolute Gasteiger partial charge is 0.263 e. The van der Waals surface area contributed by atoms with Gasteiger partial charge in [0.05, 0.1) is 10.0 Å². The monoisotopic (exact) mass is 335 g/mol. The maximum absolute atomic E-state index is 13.5. The Labute approximate surface area is 124 Å². The third-order valence-corrected chi connectivity index (χ3v) is 4.61. The quantitative estimate of drug-likeness (QED) is 0.664. The van der Waals surface area contributed by atoms with Crippen LogP contribution >= 0.6 is 23.2 Å². The highest BCUT2D eigenvalue weighted by atomic mass is 35.5. The molecule has 0 radical (unpaired) electrons. The van der Waals surface area contributed by atoms with Crippen LogP contribution in [0.1, 0.15) is 0 Å². The number of anilines is 1. The average molecular weight is 336 g/mol. The molecule has 0 unspecified atom stereocenters. The van der Waals surface area contributed by atoms with E-state index in [2.05, 4.69) is 4.72 Å². The number of hydrogen-bond acceptors (Lipinski definition) is 3. The third kappa shape index (κ3) is 2.98. The number of aromatic hydroxyl groups is 1. The fourth-order valence-corrected chi connectivity index (χ4v) is 3.26. The SMILES string of the molecule is O=S(=O)(Nc1ccc(O)cc1)c1ccc(Cl)c(F)c1Cl. The van der Waals surface area contributed by atoms with Gasteiger partial charge in [-0.2, -0.15) is 0 Å². The molecule has 0 aliphatic heterocycles. The van der Waals surface area contributed by atoms with Crippen molar-refractivity contribution < 1.29 is 17.9 Å². The van der Waals surface area contributed by atoms with E-state index >= 15 is 0 Å². The van der Waals surface area contributed by atoms with Crippen molar-refractivity contribution in [3.8, 4) is 5.75 Å². The van der Waals surface area contributed by atoms with E-state index in [1.165, 1.54) is 24.3 Å². The van der Waals surface area contributed by atoms with E-state index in [1.54, 1.807) is 0 Å². The summed E-state index contributed by atoms with van der Waals surface area (Å²) in [6.07, 6.45) is 0. The van der Waals surface area contributed by atoms with Crippen LogP contribution in [-0.4, -0.2) is 13.5 Å². The molecule has 0 fully saturated rings. The summed E-state index contributed by atoms with van der Waals surface area (Å²) >= 11 is 11.2. The molecule has 8 heteroatoms. The molecule has 0 atom stereocenters. The Morgan fingerprint density at radius 1 is 1.05 bits per heavy atom. The second kappa shape index (κ2) is 5.47. The van der Waals surface area contributed by atoms with E-state index in [0.717, 1.165) is 12.1 Å². The fraction of sp³-hybridized carbons (Fsp3) is 0. The van der Waals surface area contributed by atoms with Crippen molar-refractivity contribution in [2.45, 2.75) is 4.90 Å². The molecule has 2 aromatic rings. The van der Waals surface area contributed by atoms with Gasteiger partial charge in [-0.05, 0) is 36.4 Å². The van der Waals surface area contributed by atoms with Crippen LogP contribution in [0, 0.1) is 5.82 Å². The van der Waals surface area contributed by atoms with Crippen LogP contribution in [0.5, 0.6) is 5.75 Å². The highest BCUT2D eigenvalue weighted by Crippen LogP contribution is 2.30. The van der Waals surface area contributed by atoms with Gasteiger partial charge in [-0.25, -0.2) is 12.8 Å². The van der Waals surface area contributed by atoms with Crippen molar-refractivity contribution in [2.24, 2.45) is 0 Å². The number of hydrogen-bond donors (Lipinski definition) is 2. The van der Waals surface area contributed by atoms with Gasteiger partial charge in [0.1, 0.15) is 10.6 Å². The first-order chi connectivity index (χ1) is 9.31. The van der Waals surface area contributed by atoms with Crippen molar-refractivity contribution >= 4 is 38.9 Å². The maximum Gasteiger partial charge on any atom is 0.263 e. The maximum atomic E-state index is 13.5. The molecule has 106 valence electrons. The summed E-state index contributed by atoms with van der Waals surface area (Å²) in [6, 6.07) is 7.54. The Morgan fingerprint density at radius 3 is 2.25 bits per heavy atom. The molecule has 0 heterocycles. The molecule has 0 saturated carbocycles. The Balaban J connectivity index is 2.41. The summed E-state index contributed by atoms with van der Waals surface area (Å²) in [4.78, 5) is -0.422. The number of benzene rings is 2. The van der Waals surface area contributed by atoms with Gasteiger partial charge in [-0.15, -0.1) is 0 Å². The molecule has 0 aromatic heterocycles. The summed E-state index contributed by atoms with van der Waals surface area (Å²) in [5.41, 5.74) is 0.203. The van der Waals surface area contributed by atoms with Crippen LogP contribution in [0.25, 0.3) is 0 Å². The molecule has 0 amide bonds. The van der Waals surface area contributed by atoms with Crippen LogP contribution in [0.15, 0.2) is 41.3 Å². The Kier molecular flexibility index (Phi) is 4.08. The molecule has 2 N–H and O–H groups in total. The molecule has 0 aliphatic rings. The predicted octanol–water partition coefficient (Wildman–Crippen LogP) is 3.64. The van der Waals surface area contributed by atoms with E-state index in [9.17, 15) is 12.8 Å². The van der Waals surface area contributed by atoms with Crippen molar-refractivity contribution in [3.63, 3.8) is 0 Å². The lowest BCUT2D eigenvalue weighted by molar-refractivity contribution is 0.475. The highest BCUT2D eigenvalue weighted by Gasteiger charge is 2.22. The predicted molar refractivity (Wildman–Crippen MR) is 75.3 cm³/mol. The highest BCUT2D eigenvalue weighted by molar-refractivity contribution is 7.92. The minimum absolute atomic E-state index is 0.0106. The second-order valence-electron chi connectivity index (χ2n) is 3.83. The van der Waals surface area contributed by atoms with Gasteiger partial charge >= 0.3 is 0 Å². The van der Waals surface area contributed by atoms with Crippen molar-refractivity contribution in [1.29, 1.82) is 0 Å². The number of rotatable bonds is 3. The van der Waals surface area contributed by atoms with E-state index in [1.807, 2.05) is 0 Å². The number of phenols is 1. The fourth-order valence-electron chi connectivity index (χ4n) is 1.46. The number of phenolic OH excluding ortho intramolecular Hbond substituents is 1. The lowest BCUT2D eigenvalue weighted by Gasteiger charge is -2.10. The third-order valence-electron chi connectivity index (χ3n) is 2.41. The van der Waals surface area contributed by atoms with Gasteiger partial charge in [0.2, 0.25) is 0 Å². The first-order valence-electron chi connectivity index (χ1n) is 5.26. The molecule has 2 rings (SSSR count). The minimum atomic E-state index is -4.06. The molecule has 4 nitrogen and oxygen atoms in total. The van der Waals surface area contributed by atoms with E-state index in [4.69, 9.17) is 28.3 Å². The zero-order chi connectivity index (χ0) is 14.9. The largest absolute Gasteiger partial charge is 0.508 e. The molecule has 20 heavy (non-hydrogen) atoms. The molecule has 0 saturated heterocycles. The number of sulfonamides is 1. The van der Waals surface area contributed by atoms with Crippen molar-refractivity contribution in [1.82, 2.24) is 0 Å². The molecule has 0 aliphatic carbocycles. The first-order valence-corrected chi connectivity index (χ1v) is 7.50. The van der Waals surface area contributed by atoms with Crippen LogP contribution < -0.4 is 4.72 Å². The topological polar surface area (TPSA) is 66.4 Å². The molecular weight excluding hydrogens is 328 g/mol. The Hall–Kier alpha value is -1.50. The van der Waals surface area contributed by atoms with E-state index < -0.39 is 25.8 Å². The van der Waals surface area contributed by atoms with Gasteiger partial charge in [-0.3, -0.25) is 4.72 Å². The molecule has 0 bridgehead atoms. The zero-order valence-corrected chi connectivity index (χ0v) is 12.1. The standard InChI is InChI=1S/C12H8Cl2FNO3S/c13-9-5-6-10(11(14)12(9)15)20(18,19)16-7-1-3-8(17)4-2-7/h1-6,16-17H. The van der Waals surface area contributed by atoms with Gasteiger partial charge in [0.25, 0.3) is 10.0 Å². The molecule has 0 spiro atoms. The number of halogens is 3. The normalized spacial score (nSPS) is 11.3. The first kappa shape index (κ1) is 14.9. The zero-order valence-electron chi connectivity index (χ0n) is 9.77. The van der Waals surface area contributed by atoms with Crippen LogP contribution in [-0.2, 0) is 10.0 Å². The Morgan fingerprint density at radius 2 is 1.65 bits per heavy atom. The van der Waals surface area contributed by atoms with Crippen molar-refractivity contribution in [2.75, 3.05) is 4.72 Å². The van der Waals surface area contributed by atoms with Crippen LogP contribution in [0.3, 0.4) is 0 Å². The molecular formula is C12H8Cl2FNO3S. The summed E-state index contributed by atoms with van der Waals surface area (Å²) in [5.74, 6) is -1.01. The second-order valence-corrected chi connectivity index (χ2v) is 6.26.